The lowest BCUT2D eigenvalue weighted by molar-refractivity contribution is 0.415. The number of methoxy groups -OCH3 is 1. The zero-order chi connectivity index (χ0) is 19.5. The van der Waals surface area contributed by atoms with Crippen LogP contribution in [0.25, 0.3) is 34.2 Å². The third-order valence-electron chi connectivity index (χ3n) is 4.19. The first-order valence-corrected chi connectivity index (χ1v) is 9.72. The highest BCUT2D eigenvalue weighted by molar-refractivity contribution is 9.10. The summed E-state index contributed by atoms with van der Waals surface area (Å²) in [4.78, 5) is 14.1. The Kier molecular flexibility index (Phi) is 5.37. The van der Waals surface area contributed by atoms with Crippen LogP contribution >= 0.6 is 27.5 Å². The van der Waals surface area contributed by atoms with E-state index in [-0.39, 0.29) is 0 Å². The summed E-state index contributed by atoms with van der Waals surface area (Å²) in [7, 11) is 1.64. The number of benzene rings is 3. The quantitative estimate of drug-likeness (QED) is 0.365. The number of aromatic nitrogens is 3. The Hall–Kier alpha value is -2.76. The first kappa shape index (κ1) is 18.6. The maximum Gasteiger partial charge on any atom is 0.164 e. The summed E-state index contributed by atoms with van der Waals surface area (Å²) < 4.78 is 6.24. The molecule has 0 saturated heterocycles. The Bertz CT molecular complexity index is 1030. The zero-order valence-corrected chi connectivity index (χ0v) is 17.3. The Morgan fingerprint density at radius 1 is 0.643 bits per heavy atom. The predicted octanol–water partition coefficient (Wildman–Crippen LogP) is 6.30. The average molecular weight is 453 g/mol. The van der Waals surface area contributed by atoms with Gasteiger partial charge in [0.05, 0.1) is 7.11 Å². The average Bonchev–Trinajstić information content (AvgIpc) is 2.74. The van der Waals surface area contributed by atoms with Crippen LogP contribution in [0.3, 0.4) is 0 Å². The first-order valence-electron chi connectivity index (χ1n) is 8.55. The standard InChI is InChI=1S/C22H15BrClN3O/c1-28-19-12-6-16(7-13-19)22-26-20(14-2-8-17(23)9-3-14)25-21(27-22)15-4-10-18(24)11-5-15/h2-13H,1H3. The molecule has 0 amide bonds. The van der Waals surface area contributed by atoms with E-state index in [1.165, 1.54) is 0 Å². The van der Waals surface area contributed by atoms with Gasteiger partial charge in [-0.25, -0.2) is 15.0 Å². The van der Waals surface area contributed by atoms with Crippen molar-refractivity contribution in [2.24, 2.45) is 0 Å². The van der Waals surface area contributed by atoms with Gasteiger partial charge in [0.15, 0.2) is 17.5 Å². The Balaban J connectivity index is 1.86. The lowest BCUT2D eigenvalue weighted by atomic mass is 10.1. The fourth-order valence-electron chi connectivity index (χ4n) is 2.70. The van der Waals surface area contributed by atoms with Crippen LogP contribution in [-0.4, -0.2) is 22.1 Å². The van der Waals surface area contributed by atoms with Gasteiger partial charge < -0.3 is 4.74 Å². The molecule has 0 fully saturated rings. The number of halogens is 2. The minimum atomic E-state index is 0.593. The summed E-state index contributed by atoms with van der Waals surface area (Å²) in [6, 6.07) is 23.0. The van der Waals surface area contributed by atoms with Crippen LogP contribution in [0.1, 0.15) is 0 Å². The molecule has 1 aromatic heterocycles. The van der Waals surface area contributed by atoms with Crippen LogP contribution in [0, 0.1) is 0 Å². The van der Waals surface area contributed by atoms with E-state index in [2.05, 4.69) is 25.9 Å². The van der Waals surface area contributed by atoms with Crippen molar-refractivity contribution >= 4 is 27.5 Å². The maximum atomic E-state index is 6.03. The van der Waals surface area contributed by atoms with Crippen molar-refractivity contribution in [2.75, 3.05) is 7.11 Å². The highest BCUT2D eigenvalue weighted by Crippen LogP contribution is 2.27. The molecule has 28 heavy (non-hydrogen) atoms. The lowest BCUT2D eigenvalue weighted by Gasteiger charge is -2.09. The Morgan fingerprint density at radius 3 is 1.46 bits per heavy atom. The summed E-state index contributed by atoms with van der Waals surface area (Å²) in [6.07, 6.45) is 0. The van der Waals surface area contributed by atoms with Gasteiger partial charge in [-0.3, -0.25) is 0 Å². The van der Waals surface area contributed by atoms with Crippen molar-refractivity contribution in [1.82, 2.24) is 15.0 Å². The van der Waals surface area contributed by atoms with Crippen molar-refractivity contribution in [3.63, 3.8) is 0 Å². The van der Waals surface area contributed by atoms with Gasteiger partial charge in [0, 0.05) is 26.2 Å². The molecule has 1 heterocycles. The molecule has 138 valence electrons. The van der Waals surface area contributed by atoms with Crippen LogP contribution in [0.4, 0.5) is 0 Å². The molecule has 0 N–H and O–H groups in total. The molecule has 0 spiro atoms. The lowest BCUT2D eigenvalue weighted by Crippen LogP contribution is -2.00. The van der Waals surface area contributed by atoms with Gasteiger partial charge in [-0.15, -0.1) is 0 Å². The SMILES string of the molecule is COc1ccc(-c2nc(-c3ccc(Cl)cc3)nc(-c3ccc(Br)cc3)n2)cc1. The van der Waals surface area contributed by atoms with Crippen LogP contribution < -0.4 is 4.74 Å². The van der Waals surface area contributed by atoms with Gasteiger partial charge in [0.2, 0.25) is 0 Å². The van der Waals surface area contributed by atoms with Gasteiger partial charge in [0.1, 0.15) is 5.75 Å². The van der Waals surface area contributed by atoms with Gasteiger partial charge >= 0.3 is 0 Å². The second-order valence-corrected chi connectivity index (χ2v) is 7.40. The van der Waals surface area contributed by atoms with Crippen LogP contribution in [0.5, 0.6) is 5.75 Å². The van der Waals surface area contributed by atoms with E-state index in [9.17, 15) is 0 Å². The number of hydrogen-bond acceptors (Lipinski definition) is 4. The Morgan fingerprint density at radius 2 is 1.04 bits per heavy atom. The summed E-state index contributed by atoms with van der Waals surface area (Å²) in [5, 5.41) is 0.668. The minimum absolute atomic E-state index is 0.593. The summed E-state index contributed by atoms with van der Waals surface area (Å²) >= 11 is 9.49. The van der Waals surface area contributed by atoms with Crippen molar-refractivity contribution in [3.05, 3.63) is 82.3 Å². The van der Waals surface area contributed by atoms with Crippen molar-refractivity contribution < 1.29 is 4.74 Å². The molecule has 3 aromatic carbocycles. The fraction of sp³-hybridized carbons (Fsp3) is 0.0455. The second kappa shape index (κ2) is 8.09. The third kappa shape index (κ3) is 4.06. The molecule has 0 radical (unpaired) electrons. The number of ether oxygens (including phenoxy) is 1. The molecule has 0 atom stereocenters. The molecule has 0 aliphatic heterocycles. The molecule has 4 nitrogen and oxygen atoms in total. The number of rotatable bonds is 4. The Labute approximate surface area is 176 Å². The highest BCUT2D eigenvalue weighted by Gasteiger charge is 2.12. The van der Waals surface area contributed by atoms with E-state index in [0.717, 1.165) is 26.9 Å². The summed E-state index contributed by atoms with van der Waals surface area (Å²) in [5.41, 5.74) is 2.67. The first-order chi connectivity index (χ1) is 13.6. The van der Waals surface area contributed by atoms with Crippen molar-refractivity contribution in [3.8, 4) is 39.9 Å². The second-order valence-electron chi connectivity index (χ2n) is 6.05. The summed E-state index contributed by atoms with van der Waals surface area (Å²) in [6.45, 7) is 0. The van der Waals surface area contributed by atoms with Gasteiger partial charge in [0.25, 0.3) is 0 Å². The minimum Gasteiger partial charge on any atom is -0.497 e. The molecule has 4 aromatic rings. The summed E-state index contributed by atoms with van der Waals surface area (Å²) in [5.74, 6) is 2.58. The zero-order valence-electron chi connectivity index (χ0n) is 14.9. The largest absolute Gasteiger partial charge is 0.497 e. The van der Waals surface area contributed by atoms with E-state index in [0.29, 0.717) is 22.5 Å². The topological polar surface area (TPSA) is 47.9 Å². The third-order valence-corrected chi connectivity index (χ3v) is 4.97. The molecule has 0 unspecified atom stereocenters. The highest BCUT2D eigenvalue weighted by atomic mass is 79.9. The molecule has 0 aliphatic rings. The van der Waals surface area contributed by atoms with Gasteiger partial charge in [-0.05, 0) is 60.7 Å². The van der Waals surface area contributed by atoms with Crippen LogP contribution in [0.2, 0.25) is 5.02 Å². The van der Waals surface area contributed by atoms with Gasteiger partial charge in [-0.2, -0.15) is 0 Å². The van der Waals surface area contributed by atoms with Gasteiger partial charge in [-0.1, -0.05) is 39.7 Å². The van der Waals surface area contributed by atoms with E-state index >= 15 is 0 Å². The molecule has 0 saturated carbocycles. The van der Waals surface area contributed by atoms with Crippen molar-refractivity contribution in [2.45, 2.75) is 0 Å². The fourth-order valence-corrected chi connectivity index (χ4v) is 3.09. The molecule has 4 rings (SSSR count). The predicted molar refractivity (Wildman–Crippen MR) is 115 cm³/mol. The van der Waals surface area contributed by atoms with E-state index in [1.807, 2.05) is 72.8 Å². The molecule has 6 heteroatoms. The maximum absolute atomic E-state index is 6.03. The normalized spacial score (nSPS) is 10.7. The monoisotopic (exact) mass is 451 g/mol. The van der Waals surface area contributed by atoms with E-state index < -0.39 is 0 Å². The molecular formula is C22H15BrClN3O. The van der Waals surface area contributed by atoms with Crippen LogP contribution in [-0.2, 0) is 0 Å². The molecule has 0 aliphatic carbocycles. The molecular weight excluding hydrogens is 438 g/mol. The smallest absolute Gasteiger partial charge is 0.164 e. The van der Waals surface area contributed by atoms with E-state index in [4.69, 9.17) is 21.3 Å². The number of nitrogens with zero attached hydrogens (tertiary/aromatic N) is 3. The van der Waals surface area contributed by atoms with E-state index in [1.54, 1.807) is 7.11 Å². The van der Waals surface area contributed by atoms with Crippen LogP contribution in [0.15, 0.2) is 77.3 Å². The number of hydrogen-bond donors (Lipinski definition) is 0. The molecule has 0 bridgehead atoms. The van der Waals surface area contributed by atoms with Crippen molar-refractivity contribution in [1.29, 1.82) is 0 Å².